The number of hydrogen-bond donors (Lipinski definition) is 1. The highest BCUT2D eigenvalue weighted by atomic mass is 16.4. The molecule has 1 N–H and O–H groups in total. The average Bonchev–Trinajstić information content (AvgIpc) is 2.10. The van der Waals surface area contributed by atoms with Crippen LogP contribution in [0.25, 0.3) is 0 Å². The molecule has 1 unspecified atom stereocenters. The van der Waals surface area contributed by atoms with E-state index < -0.39 is 5.97 Å². The zero-order chi connectivity index (χ0) is 11.1. The smallest absolute Gasteiger partial charge is 0.321 e. The van der Waals surface area contributed by atoms with Gasteiger partial charge in [0.05, 0.1) is 0 Å². The van der Waals surface area contributed by atoms with Gasteiger partial charge in [-0.2, -0.15) is 0 Å². The second-order valence-electron chi connectivity index (χ2n) is 4.01. The fraction of sp³-hybridized carbons (Fsp3) is 0.909. The van der Waals surface area contributed by atoms with Crippen LogP contribution in [-0.4, -0.2) is 35.1 Å². The summed E-state index contributed by atoms with van der Waals surface area (Å²) in [5.74, 6) is -0.526. The van der Waals surface area contributed by atoms with Gasteiger partial charge in [0.1, 0.15) is 6.04 Å². The molecule has 0 aliphatic carbocycles. The number of hydrogen-bond acceptors (Lipinski definition) is 2. The maximum absolute atomic E-state index is 11.1. The molecule has 0 amide bonds. The maximum Gasteiger partial charge on any atom is 0.321 e. The number of unbranched alkanes of at least 4 members (excludes halogenated alkanes) is 1. The molecule has 0 saturated carbocycles. The van der Waals surface area contributed by atoms with E-state index in [1.54, 1.807) is 0 Å². The van der Waals surface area contributed by atoms with Crippen LogP contribution in [0.3, 0.4) is 0 Å². The summed E-state index contributed by atoms with van der Waals surface area (Å²) < 4.78 is 0. The topological polar surface area (TPSA) is 40.5 Å². The van der Waals surface area contributed by atoms with Crippen molar-refractivity contribution in [3.05, 3.63) is 0 Å². The molecular formula is C11H23NO2. The molecule has 0 fully saturated rings. The summed E-state index contributed by atoms with van der Waals surface area (Å²) in [6.45, 7) is 9.78. The fourth-order valence-corrected chi connectivity index (χ4v) is 1.72. The van der Waals surface area contributed by atoms with E-state index >= 15 is 0 Å². The Bertz CT molecular complexity index is 169. The lowest BCUT2D eigenvalue weighted by Crippen LogP contribution is -2.45. The molecule has 14 heavy (non-hydrogen) atoms. The third-order valence-electron chi connectivity index (χ3n) is 2.48. The van der Waals surface area contributed by atoms with Crippen LogP contribution < -0.4 is 0 Å². The summed E-state index contributed by atoms with van der Waals surface area (Å²) in [5.41, 5.74) is 0. The lowest BCUT2D eigenvalue weighted by molar-refractivity contribution is -0.145. The highest BCUT2D eigenvalue weighted by Crippen LogP contribution is 2.12. The Hall–Kier alpha value is -0.570. The van der Waals surface area contributed by atoms with Crippen molar-refractivity contribution >= 4 is 5.97 Å². The molecule has 0 bridgehead atoms. The molecule has 0 radical (unpaired) electrons. The molecule has 84 valence electrons. The normalized spacial score (nSPS) is 13.6. The molecule has 0 saturated heterocycles. The first-order chi connectivity index (χ1) is 6.54. The van der Waals surface area contributed by atoms with Crippen molar-refractivity contribution in [2.24, 2.45) is 5.92 Å². The van der Waals surface area contributed by atoms with Crippen LogP contribution in [0.2, 0.25) is 0 Å². The quantitative estimate of drug-likeness (QED) is 0.686. The third kappa shape index (κ3) is 4.09. The number of carboxylic acid groups (broad SMARTS) is 1. The Balaban J connectivity index is 4.34. The van der Waals surface area contributed by atoms with Crippen LogP contribution in [0.15, 0.2) is 0 Å². The third-order valence-corrected chi connectivity index (χ3v) is 2.48. The molecular weight excluding hydrogens is 178 g/mol. The Labute approximate surface area is 87.1 Å². The average molecular weight is 201 g/mol. The monoisotopic (exact) mass is 201 g/mol. The second kappa shape index (κ2) is 6.82. The summed E-state index contributed by atoms with van der Waals surface area (Å²) in [6, 6.07) is -0.327. The summed E-state index contributed by atoms with van der Waals surface area (Å²) in [6.07, 6.45) is 2.19. The van der Waals surface area contributed by atoms with Gasteiger partial charge in [0.15, 0.2) is 0 Å². The van der Waals surface area contributed by atoms with Gasteiger partial charge < -0.3 is 5.11 Å². The van der Waals surface area contributed by atoms with E-state index in [1.807, 2.05) is 20.8 Å². The molecule has 0 aliphatic heterocycles. The Kier molecular flexibility index (Phi) is 6.54. The minimum Gasteiger partial charge on any atom is -0.480 e. The van der Waals surface area contributed by atoms with Crippen LogP contribution in [0, 0.1) is 5.92 Å². The minimum absolute atomic E-state index is 0.171. The van der Waals surface area contributed by atoms with Crippen molar-refractivity contribution < 1.29 is 9.90 Å². The predicted molar refractivity (Wildman–Crippen MR) is 58.4 cm³/mol. The van der Waals surface area contributed by atoms with Crippen LogP contribution in [0.4, 0.5) is 0 Å². The van der Waals surface area contributed by atoms with E-state index in [1.165, 1.54) is 0 Å². The summed E-state index contributed by atoms with van der Waals surface area (Å²) in [4.78, 5) is 13.1. The van der Waals surface area contributed by atoms with Gasteiger partial charge in [-0.3, -0.25) is 9.69 Å². The number of carboxylic acids is 1. The van der Waals surface area contributed by atoms with Crippen LogP contribution in [0.1, 0.15) is 40.5 Å². The Morgan fingerprint density at radius 1 is 1.36 bits per heavy atom. The molecule has 0 rings (SSSR count). The minimum atomic E-state index is -0.696. The molecule has 0 aromatic rings. The zero-order valence-corrected chi connectivity index (χ0v) is 9.79. The van der Waals surface area contributed by atoms with Gasteiger partial charge >= 0.3 is 5.97 Å². The largest absolute Gasteiger partial charge is 0.480 e. The SMILES string of the molecule is CCCCN(CC)C(C(=O)O)C(C)C. The van der Waals surface area contributed by atoms with Gasteiger partial charge in [-0.25, -0.2) is 0 Å². The standard InChI is InChI=1S/C11H23NO2/c1-5-7-8-12(6-2)10(9(3)4)11(13)14/h9-10H,5-8H2,1-4H3,(H,13,14). The van der Waals surface area contributed by atoms with Gasteiger partial charge in [0.25, 0.3) is 0 Å². The van der Waals surface area contributed by atoms with Gasteiger partial charge in [0.2, 0.25) is 0 Å². The molecule has 3 heteroatoms. The van der Waals surface area contributed by atoms with Crippen molar-refractivity contribution in [2.45, 2.75) is 46.6 Å². The van der Waals surface area contributed by atoms with E-state index in [4.69, 9.17) is 5.11 Å². The zero-order valence-electron chi connectivity index (χ0n) is 9.79. The van der Waals surface area contributed by atoms with E-state index in [0.29, 0.717) is 0 Å². The van der Waals surface area contributed by atoms with Gasteiger partial charge in [-0.05, 0) is 25.4 Å². The summed E-state index contributed by atoms with van der Waals surface area (Å²) in [5, 5.41) is 9.10. The lowest BCUT2D eigenvalue weighted by Gasteiger charge is -2.30. The molecule has 0 spiro atoms. The molecule has 0 heterocycles. The molecule has 3 nitrogen and oxygen atoms in total. The highest BCUT2D eigenvalue weighted by Gasteiger charge is 2.26. The highest BCUT2D eigenvalue weighted by molar-refractivity contribution is 5.73. The van der Waals surface area contributed by atoms with Crippen molar-refractivity contribution in [2.75, 3.05) is 13.1 Å². The first kappa shape index (κ1) is 13.4. The van der Waals surface area contributed by atoms with E-state index in [0.717, 1.165) is 25.9 Å². The Morgan fingerprint density at radius 2 is 1.93 bits per heavy atom. The molecule has 0 aliphatic rings. The van der Waals surface area contributed by atoms with Crippen molar-refractivity contribution in [3.8, 4) is 0 Å². The van der Waals surface area contributed by atoms with E-state index in [-0.39, 0.29) is 12.0 Å². The maximum atomic E-state index is 11.1. The van der Waals surface area contributed by atoms with Crippen molar-refractivity contribution in [1.29, 1.82) is 0 Å². The summed E-state index contributed by atoms with van der Waals surface area (Å²) >= 11 is 0. The van der Waals surface area contributed by atoms with Gasteiger partial charge in [0, 0.05) is 0 Å². The van der Waals surface area contributed by atoms with Gasteiger partial charge in [-0.15, -0.1) is 0 Å². The number of rotatable bonds is 7. The lowest BCUT2D eigenvalue weighted by atomic mass is 10.0. The molecule has 1 atom stereocenters. The molecule has 0 aromatic heterocycles. The van der Waals surface area contributed by atoms with Crippen LogP contribution in [-0.2, 0) is 4.79 Å². The number of carbonyl (C=O) groups is 1. The second-order valence-corrected chi connectivity index (χ2v) is 4.01. The van der Waals surface area contributed by atoms with Gasteiger partial charge in [-0.1, -0.05) is 34.1 Å². The van der Waals surface area contributed by atoms with E-state index in [9.17, 15) is 4.79 Å². The first-order valence-electron chi connectivity index (χ1n) is 5.51. The van der Waals surface area contributed by atoms with Crippen LogP contribution >= 0.6 is 0 Å². The predicted octanol–water partition coefficient (Wildman–Crippen LogP) is 2.22. The molecule has 0 aromatic carbocycles. The number of aliphatic carboxylic acids is 1. The van der Waals surface area contributed by atoms with Crippen molar-refractivity contribution in [1.82, 2.24) is 4.90 Å². The van der Waals surface area contributed by atoms with Crippen molar-refractivity contribution in [3.63, 3.8) is 0 Å². The van der Waals surface area contributed by atoms with Crippen LogP contribution in [0.5, 0.6) is 0 Å². The number of nitrogens with zero attached hydrogens (tertiary/aromatic N) is 1. The summed E-state index contributed by atoms with van der Waals surface area (Å²) in [7, 11) is 0. The fourth-order valence-electron chi connectivity index (χ4n) is 1.72. The van der Waals surface area contributed by atoms with E-state index in [2.05, 4.69) is 11.8 Å². The Morgan fingerprint density at radius 3 is 2.21 bits per heavy atom. The first-order valence-corrected chi connectivity index (χ1v) is 5.51. The number of likely N-dealkylation sites (N-methyl/N-ethyl adjacent to an activating group) is 1.